The number of carbonyl (C=O) groups is 1. The van der Waals surface area contributed by atoms with Gasteiger partial charge in [0.1, 0.15) is 5.56 Å². The van der Waals surface area contributed by atoms with Crippen LogP contribution < -0.4 is 14.2 Å². The third-order valence-electron chi connectivity index (χ3n) is 3.64. The molecule has 1 aliphatic carbocycles. The number of ether oxygens (including phenoxy) is 4. The van der Waals surface area contributed by atoms with E-state index in [0.29, 0.717) is 22.8 Å². The van der Waals surface area contributed by atoms with Gasteiger partial charge in [0.15, 0.2) is 11.5 Å². The van der Waals surface area contributed by atoms with Crippen molar-refractivity contribution in [3.63, 3.8) is 0 Å². The van der Waals surface area contributed by atoms with Crippen LogP contribution in [0.15, 0.2) is 12.1 Å². The molecule has 0 bridgehead atoms. The molecule has 102 valence electrons. The molecule has 1 heterocycles. The second kappa shape index (κ2) is 4.33. The van der Waals surface area contributed by atoms with Crippen LogP contribution in [0, 0.1) is 0 Å². The SMILES string of the molecule is COC(=O)c1ccc(OC)c2c1OC1(CCCC1)O2. The van der Waals surface area contributed by atoms with E-state index in [4.69, 9.17) is 18.9 Å². The topological polar surface area (TPSA) is 54.0 Å². The van der Waals surface area contributed by atoms with E-state index in [1.165, 1.54) is 7.11 Å². The molecule has 0 unspecified atom stereocenters. The lowest BCUT2D eigenvalue weighted by Gasteiger charge is -2.21. The zero-order valence-corrected chi connectivity index (χ0v) is 11.0. The van der Waals surface area contributed by atoms with Crippen LogP contribution in [-0.2, 0) is 4.74 Å². The molecule has 19 heavy (non-hydrogen) atoms. The summed E-state index contributed by atoms with van der Waals surface area (Å²) in [6, 6.07) is 3.34. The van der Waals surface area contributed by atoms with Crippen molar-refractivity contribution in [1.82, 2.24) is 0 Å². The minimum absolute atomic E-state index is 0.377. The van der Waals surface area contributed by atoms with Gasteiger partial charge in [0.05, 0.1) is 14.2 Å². The van der Waals surface area contributed by atoms with E-state index < -0.39 is 11.8 Å². The van der Waals surface area contributed by atoms with Gasteiger partial charge in [-0.05, 0) is 25.0 Å². The van der Waals surface area contributed by atoms with Gasteiger partial charge in [-0.2, -0.15) is 0 Å². The highest BCUT2D eigenvalue weighted by molar-refractivity contribution is 5.94. The van der Waals surface area contributed by atoms with Crippen molar-refractivity contribution in [3.05, 3.63) is 17.7 Å². The van der Waals surface area contributed by atoms with Crippen molar-refractivity contribution >= 4 is 5.97 Å². The summed E-state index contributed by atoms with van der Waals surface area (Å²) >= 11 is 0. The molecule has 0 aromatic heterocycles. The molecule has 0 saturated heterocycles. The lowest BCUT2D eigenvalue weighted by atomic mass is 10.2. The Morgan fingerprint density at radius 3 is 2.47 bits per heavy atom. The summed E-state index contributed by atoms with van der Waals surface area (Å²) in [6.45, 7) is 0. The van der Waals surface area contributed by atoms with Crippen LogP contribution in [-0.4, -0.2) is 26.0 Å². The fraction of sp³-hybridized carbons (Fsp3) is 0.500. The Bertz CT molecular complexity index is 517. The molecule has 0 N–H and O–H groups in total. The molecule has 1 aromatic rings. The Morgan fingerprint density at radius 2 is 1.84 bits per heavy atom. The second-order valence-corrected chi connectivity index (χ2v) is 4.79. The standard InChI is InChI=1S/C14H16O5/c1-16-10-6-5-9(13(15)17-2)11-12(10)19-14(18-11)7-3-4-8-14/h5-6H,3-4,7-8H2,1-2H3. The second-order valence-electron chi connectivity index (χ2n) is 4.79. The Labute approximate surface area is 111 Å². The fourth-order valence-electron chi connectivity index (χ4n) is 2.68. The molecule has 0 amide bonds. The smallest absolute Gasteiger partial charge is 0.341 e. The molecule has 0 atom stereocenters. The van der Waals surface area contributed by atoms with Crippen LogP contribution in [0.25, 0.3) is 0 Å². The summed E-state index contributed by atoms with van der Waals surface area (Å²) < 4.78 is 21.9. The van der Waals surface area contributed by atoms with E-state index in [1.807, 2.05) is 0 Å². The Morgan fingerprint density at radius 1 is 1.16 bits per heavy atom. The number of hydrogen-bond donors (Lipinski definition) is 0. The Hall–Kier alpha value is -1.91. The quantitative estimate of drug-likeness (QED) is 0.768. The van der Waals surface area contributed by atoms with Gasteiger partial charge in [-0.1, -0.05) is 0 Å². The van der Waals surface area contributed by atoms with Crippen molar-refractivity contribution in [2.45, 2.75) is 31.5 Å². The average Bonchev–Trinajstić information content (AvgIpc) is 3.03. The van der Waals surface area contributed by atoms with Gasteiger partial charge in [0, 0.05) is 12.8 Å². The van der Waals surface area contributed by atoms with E-state index in [1.54, 1.807) is 19.2 Å². The van der Waals surface area contributed by atoms with E-state index >= 15 is 0 Å². The highest BCUT2D eigenvalue weighted by Gasteiger charge is 2.47. The molecular weight excluding hydrogens is 248 g/mol. The van der Waals surface area contributed by atoms with E-state index in [-0.39, 0.29) is 0 Å². The molecule has 1 spiro atoms. The Kier molecular flexibility index (Phi) is 2.77. The molecule has 1 aliphatic heterocycles. The number of hydrogen-bond acceptors (Lipinski definition) is 5. The maximum atomic E-state index is 11.8. The monoisotopic (exact) mass is 264 g/mol. The number of methoxy groups -OCH3 is 2. The van der Waals surface area contributed by atoms with Gasteiger partial charge >= 0.3 is 5.97 Å². The molecule has 3 rings (SSSR count). The molecule has 1 saturated carbocycles. The zero-order chi connectivity index (χ0) is 13.5. The first kappa shape index (κ1) is 12.1. The predicted octanol–water partition coefficient (Wildman–Crippen LogP) is 2.52. The number of benzene rings is 1. The molecule has 1 aromatic carbocycles. The summed E-state index contributed by atoms with van der Waals surface area (Å²) in [7, 11) is 2.91. The van der Waals surface area contributed by atoms with Crippen molar-refractivity contribution in [2.75, 3.05) is 14.2 Å². The zero-order valence-electron chi connectivity index (χ0n) is 11.0. The van der Waals surface area contributed by atoms with Gasteiger partial charge in [-0.3, -0.25) is 0 Å². The third-order valence-corrected chi connectivity index (χ3v) is 3.64. The fourth-order valence-corrected chi connectivity index (χ4v) is 2.68. The first-order valence-electron chi connectivity index (χ1n) is 6.36. The largest absolute Gasteiger partial charge is 0.493 e. The molecule has 5 nitrogen and oxygen atoms in total. The Balaban J connectivity index is 2.06. The van der Waals surface area contributed by atoms with Crippen molar-refractivity contribution < 1.29 is 23.7 Å². The minimum atomic E-state index is -0.625. The maximum Gasteiger partial charge on any atom is 0.341 e. The highest BCUT2D eigenvalue weighted by Crippen LogP contribution is 2.52. The number of esters is 1. The summed E-state index contributed by atoms with van der Waals surface area (Å²) in [6.07, 6.45) is 3.77. The van der Waals surface area contributed by atoms with Gasteiger partial charge in [0.25, 0.3) is 5.79 Å². The highest BCUT2D eigenvalue weighted by atomic mass is 16.7. The van der Waals surface area contributed by atoms with Crippen molar-refractivity contribution in [3.8, 4) is 17.2 Å². The van der Waals surface area contributed by atoms with Gasteiger partial charge in [0.2, 0.25) is 5.75 Å². The summed E-state index contributed by atoms with van der Waals surface area (Å²) in [5.41, 5.74) is 0.377. The maximum absolute atomic E-state index is 11.8. The number of rotatable bonds is 2. The predicted molar refractivity (Wildman–Crippen MR) is 66.8 cm³/mol. The number of fused-ring (bicyclic) bond motifs is 1. The van der Waals surface area contributed by atoms with Crippen LogP contribution in [0.2, 0.25) is 0 Å². The molecule has 2 aliphatic rings. The molecule has 1 fully saturated rings. The lowest BCUT2D eigenvalue weighted by molar-refractivity contribution is -0.0725. The van der Waals surface area contributed by atoms with Crippen LogP contribution in [0.4, 0.5) is 0 Å². The average molecular weight is 264 g/mol. The van der Waals surface area contributed by atoms with Crippen LogP contribution in [0.5, 0.6) is 17.2 Å². The van der Waals surface area contributed by atoms with Gasteiger partial charge in [-0.15, -0.1) is 0 Å². The minimum Gasteiger partial charge on any atom is -0.493 e. The summed E-state index contributed by atoms with van der Waals surface area (Å²) in [5.74, 6) is 0.462. The lowest BCUT2D eigenvalue weighted by Crippen LogP contribution is -2.34. The first-order valence-corrected chi connectivity index (χ1v) is 6.36. The van der Waals surface area contributed by atoms with Crippen LogP contribution >= 0.6 is 0 Å². The van der Waals surface area contributed by atoms with Crippen LogP contribution in [0.1, 0.15) is 36.0 Å². The van der Waals surface area contributed by atoms with E-state index in [2.05, 4.69) is 0 Å². The van der Waals surface area contributed by atoms with Crippen molar-refractivity contribution in [1.29, 1.82) is 0 Å². The summed E-state index contributed by atoms with van der Waals surface area (Å²) in [4.78, 5) is 11.8. The van der Waals surface area contributed by atoms with Crippen molar-refractivity contribution in [2.24, 2.45) is 0 Å². The summed E-state index contributed by atoms with van der Waals surface area (Å²) in [5, 5.41) is 0. The van der Waals surface area contributed by atoms with Gasteiger partial charge < -0.3 is 18.9 Å². The van der Waals surface area contributed by atoms with E-state index in [0.717, 1.165) is 25.7 Å². The van der Waals surface area contributed by atoms with E-state index in [9.17, 15) is 4.79 Å². The van der Waals surface area contributed by atoms with Gasteiger partial charge in [-0.25, -0.2) is 4.79 Å². The number of carbonyl (C=O) groups excluding carboxylic acids is 1. The normalized spacial score (nSPS) is 18.6. The third kappa shape index (κ3) is 1.80. The molecule has 5 heteroatoms. The molecular formula is C14H16O5. The molecule has 0 radical (unpaired) electrons. The van der Waals surface area contributed by atoms with Crippen LogP contribution in [0.3, 0.4) is 0 Å². The first-order chi connectivity index (χ1) is 9.19.